The van der Waals surface area contributed by atoms with Crippen molar-refractivity contribution in [2.45, 2.75) is 25.3 Å². The number of hydrogen-bond donors (Lipinski definition) is 2. The molecule has 0 saturated heterocycles. The number of hydrogen-bond acceptors (Lipinski definition) is 2. The Bertz CT molecular complexity index is 589. The summed E-state index contributed by atoms with van der Waals surface area (Å²) in [5.41, 5.74) is -1.73. The molecule has 1 unspecified atom stereocenters. The standard InChI is InChI=1S/C13H12ClF2NO3/c1-13(12(19)20,6-2-3-6)17-11(18)7-4-9(15)10(16)5-8(7)14/h4-6H,2-3H2,1H3,(H,17,18)(H,19,20). The summed E-state index contributed by atoms with van der Waals surface area (Å²) in [6.07, 6.45) is 1.38. The molecule has 4 nitrogen and oxygen atoms in total. The molecule has 0 bridgehead atoms. The minimum Gasteiger partial charge on any atom is -0.480 e. The van der Waals surface area contributed by atoms with Crippen molar-refractivity contribution >= 4 is 23.5 Å². The number of rotatable bonds is 4. The van der Waals surface area contributed by atoms with Crippen LogP contribution in [-0.2, 0) is 4.79 Å². The summed E-state index contributed by atoms with van der Waals surface area (Å²) >= 11 is 5.69. The molecule has 108 valence electrons. The Labute approximate surface area is 118 Å². The molecule has 1 aromatic rings. The van der Waals surface area contributed by atoms with Crippen LogP contribution >= 0.6 is 11.6 Å². The average molecular weight is 304 g/mol. The predicted octanol–water partition coefficient (Wildman–Crippen LogP) is 2.60. The number of aliphatic carboxylic acids is 1. The van der Waals surface area contributed by atoms with Gasteiger partial charge in [-0.05, 0) is 37.8 Å². The first-order valence-electron chi connectivity index (χ1n) is 5.96. The minimum atomic E-state index is -1.44. The third-order valence-corrected chi connectivity index (χ3v) is 3.78. The molecule has 2 N–H and O–H groups in total. The van der Waals surface area contributed by atoms with Gasteiger partial charge in [0.2, 0.25) is 0 Å². The zero-order chi connectivity index (χ0) is 15.1. The highest BCUT2D eigenvalue weighted by Gasteiger charge is 2.48. The number of halogens is 3. The van der Waals surface area contributed by atoms with E-state index in [-0.39, 0.29) is 16.5 Å². The van der Waals surface area contributed by atoms with Crippen LogP contribution in [-0.4, -0.2) is 22.5 Å². The quantitative estimate of drug-likeness (QED) is 0.840. The summed E-state index contributed by atoms with van der Waals surface area (Å²) in [5, 5.41) is 11.3. The van der Waals surface area contributed by atoms with Crippen LogP contribution in [0.15, 0.2) is 12.1 Å². The zero-order valence-corrected chi connectivity index (χ0v) is 11.3. The Kier molecular flexibility index (Phi) is 3.69. The zero-order valence-electron chi connectivity index (χ0n) is 10.5. The van der Waals surface area contributed by atoms with E-state index in [0.717, 1.165) is 0 Å². The fourth-order valence-electron chi connectivity index (χ4n) is 1.99. The molecule has 1 fully saturated rings. The lowest BCUT2D eigenvalue weighted by Crippen LogP contribution is -2.54. The van der Waals surface area contributed by atoms with Gasteiger partial charge >= 0.3 is 5.97 Å². The van der Waals surface area contributed by atoms with Crippen molar-refractivity contribution in [1.82, 2.24) is 5.32 Å². The topological polar surface area (TPSA) is 66.4 Å². The molecule has 0 radical (unpaired) electrons. The monoisotopic (exact) mass is 303 g/mol. The molecule has 2 rings (SSSR count). The van der Waals surface area contributed by atoms with E-state index in [1.165, 1.54) is 6.92 Å². The van der Waals surface area contributed by atoms with Gasteiger partial charge in [0.15, 0.2) is 11.6 Å². The van der Waals surface area contributed by atoms with Gasteiger partial charge in [-0.3, -0.25) is 4.79 Å². The first-order chi connectivity index (χ1) is 9.25. The van der Waals surface area contributed by atoms with E-state index < -0.39 is 29.0 Å². The van der Waals surface area contributed by atoms with Crippen LogP contribution in [0.25, 0.3) is 0 Å². The Morgan fingerprint density at radius 3 is 2.40 bits per heavy atom. The highest BCUT2D eigenvalue weighted by atomic mass is 35.5. The molecule has 1 saturated carbocycles. The molecule has 1 aromatic carbocycles. The van der Waals surface area contributed by atoms with E-state index in [0.29, 0.717) is 25.0 Å². The fraction of sp³-hybridized carbons (Fsp3) is 0.385. The Hall–Kier alpha value is -1.69. The summed E-state index contributed by atoms with van der Waals surface area (Å²) in [6, 6.07) is 1.34. The van der Waals surface area contributed by atoms with Gasteiger partial charge in [0.05, 0.1) is 10.6 Å². The van der Waals surface area contributed by atoms with Gasteiger partial charge in [-0.2, -0.15) is 0 Å². The van der Waals surface area contributed by atoms with Crippen molar-refractivity contribution in [3.63, 3.8) is 0 Å². The van der Waals surface area contributed by atoms with E-state index >= 15 is 0 Å². The third kappa shape index (κ3) is 2.60. The van der Waals surface area contributed by atoms with Gasteiger partial charge in [0, 0.05) is 0 Å². The molecule has 1 atom stereocenters. The van der Waals surface area contributed by atoms with E-state index in [1.54, 1.807) is 0 Å². The maximum Gasteiger partial charge on any atom is 0.329 e. The van der Waals surface area contributed by atoms with Crippen LogP contribution in [0.1, 0.15) is 30.1 Å². The second-order valence-electron chi connectivity index (χ2n) is 4.98. The largest absolute Gasteiger partial charge is 0.480 e. The van der Waals surface area contributed by atoms with Crippen molar-refractivity contribution < 1.29 is 23.5 Å². The van der Waals surface area contributed by atoms with Crippen molar-refractivity contribution in [2.24, 2.45) is 5.92 Å². The Morgan fingerprint density at radius 2 is 1.90 bits per heavy atom. The maximum absolute atomic E-state index is 13.2. The van der Waals surface area contributed by atoms with Crippen LogP contribution in [0.2, 0.25) is 5.02 Å². The summed E-state index contributed by atoms with van der Waals surface area (Å²) in [7, 11) is 0. The molecular formula is C13H12ClF2NO3. The first kappa shape index (κ1) is 14.7. The second kappa shape index (κ2) is 5.01. The molecule has 0 aromatic heterocycles. The summed E-state index contributed by atoms with van der Waals surface area (Å²) in [6.45, 7) is 1.39. The van der Waals surface area contributed by atoms with Crippen LogP contribution < -0.4 is 5.32 Å². The molecule has 1 amide bonds. The minimum absolute atomic E-state index is 0.173. The number of benzene rings is 1. The van der Waals surface area contributed by atoms with Crippen LogP contribution in [0.4, 0.5) is 8.78 Å². The molecule has 0 heterocycles. The van der Waals surface area contributed by atoms with Gasteiger partial charge in [-0.25, -0.2) is 13.6 Å². The van der Waals surface area contributed by atoms with Crippen LogP contribution in [0.3, 0.4) is 0 Å². The molecule has 0 aliphatic heterocycles. The van der Waals surface area contributed by atoms with Crippen molar-refractivity contribution in [1.29, 1.82) is 0 Å². The van der Waals surface area contributed by atoms with Gasteiger partial charge in [0.25, 0.3) is 5.91 Å². The average Bonchev–Trinajstić information content (AvgIpc) is 3.17. The lowest BCUT2D eigenvalue weighted by atomic mass is 9.95. The molecule has 20 heavy (non-hydrogen) atoms. The number of carbonyl (C=O) groups excluding carboxylic acids is 1. The molecule has 0 spiro atoms. The normalized spacial score (nSPS) is 17.4. The smallest absolute Gasteiger partial charge is 0.329 e. The number of nitrogens with one attached hydrogen (secondary N) is 1. The third-order valence-electron chi connectivity index (χ3n) is 3.47. The number of carbonyl (C=O) groups is 2. The van der Waals surface area contributed by atoms with Crippen molar-refractivity contribution in [3.05, 3.63) is 34.4 Å². The lowest BCUT2D eigenvalue weighted by Gasteiger charge is -2.26. The van der Waals surface area contributed by atoms with Crippen molar-refractivity contribution in [3.8, 4) is 0 Å². The Balaban J connectivity index is 2.28. The Morgan fingerprint density at radius 1 is 1.35 bits per heavy atom. The van der Waals surface area contributed by atoms with Crippen LogP contribution in [0.5, 0.6) is 0 Å². The lowest BCUT2D eigenvalue weighted by molar-refractivity contribution is -0.144. The number of amides is 1. The number of carboxylic acids is 1. The molecule has 1 aliphatic rings. The van der Waals surface area contributed by atoms with Crippen molar-refractivity contribution in [2.75, 3.05) is 0 Å². The van der Waals surface area contributed by atoms with Gasteiger partial charge < -0.3 is 10.4 Å². The van der Waals surface area contributed by atoms with Gasteiger partial charge in [-0.1, -0.05) is 11.6 Å². The summed E-state index contributed by atoms with van der Waals surface area (Å²) < 4.78 is 26.1. The second-order valence-corrected chi connectivity index (χ2v) is 5.39. The molecular weight excluding hydrogens is 292 g/mol. The van der Waals surface area contributed by atoms with E-state index in [2.05, 4.69) is 5.32 Å². The van der Waals surface area contributed by atoms with E-state index in [1.807, 2.05) is 0 Å². The highest BCUT2D eigenvalue weighted by molar-refractivity contribution is 6.33. The van der Waals surface area contributed by atoms with Gasteiger partial charge in [-0.15, -0.1) is 0 Å². The van der Waals surface area contributed by atoms with Gasteiger partial charge in [0.1, 0.15) is 5.54 Å². The first-order valence-corrected chi connectivity index (χ1v) is 6.34. The fourth-order valence-corrected chi connectivity index (χ4v) is 2.23. The number of carboxylic acid groups (broad SMARTS) is 1. The maximum atomic E-state index is 13.2. The van der Waals surface area contributed by atoms with E-state index in [9.17, 15) is 23.5 Å². The van der Waals surface area contributed by atoms with Crippen LogP contribution in [0, 0.1) is 17.6 Å². The molecule has 1 aliphatic carbocycles. The highest BCUT2D eigenvalue weighted by Crippen LogP contribution is 2.40. The predicted molar refractivity (Wildman–Crippen MR) is 67.6 cm³/mol. The van der Waals surface area contributed by atoms with E-state index in [4.69, 9.17) is 11.6 Å². The SMILES string of the molecule is CC(NC(=O)c1cc(F)c(F)cc1Cl)(C(=O)O)C1CC1. The summed E-state index contributed by atoms with van der Waals surface area (Å²) in [4.78, 5) is 23.3. The molecule has 7 heteroatoms. The summed E-state index contributed by atoms with van der Waals surface area (Å²) in [5.74, 6) is -4.58.